The second-order valence-corrected chi connectivity index (χ2v) is 5.63. The molecule has 2 aromatic carbocycles. The number of H-pyrrole nitrogens is 2. The molecule has 0 spiro atoms. The molecule has 0 saturated heterocycles. The fourth-order valence-corrected chi connectivity index (χ4v) is 2.72. The van der Waals surface area contributed by atoms with E-state index < -0.39 is 0 Å². The number of aromatic nitrogens is 2. The molecule has 0 aliphatic heterocycles. The fourth-order valence-electron chi connectivity index (χ4n) is 2.72. The molecule has 0 amide bonds. The largest absolute Gasteiger partial charge is 0.378 e. The third-order valence-electron chi connectivity index (χ3n) is 3.64. The Morgan fingerprint density at radius 2 is 1.62 bits per heavy atom. The summed E-state index contributed by atoms with van der Waals surface area (Å²) in [5, 5.41) is 3.48. The average Bonchev–Trinajstić information content (AvgIpc) is 2.77. The Kier molecular flexibility index (Phi) is 3.29. The molecule has 0 fully saturated rings. The van der Waals surface area contributed by atoms with Gasteiger partial charge < -0.3 is 15.3 Å². The molecule has 0 bridgehead atoms. The van der Waals surface area contributed by atoms with Gasteiger partial charge in [-0.25, -0.2) is 4.79 Å². The van der Waals surface area contributed by atoms with Gasteiger partial charge >= 0.3 is 5.69 Å². The summed E-state index contributed by atoms with van der Waals surface area (Å²) in [6.07, 6.45) is 0. The maximum Gasteiger partial charge on any atom is 0.323 e. The van der Waals surface area contributed by atoms with E-state index in [9.17, 15) is 4.79 Å². The number of anilines is 1. The molecule has 3 rings (SSSR count). The van der Waals surface area contributed by atoms with Crippen molar-refractivity contribution in [2.45, 2.75) is 26.8 Å². The standard InChI is InChI=1S/C17H19N3O/c1-10-6-11(2)8-13(7-10)12(3)18-14-4-5-15-16(9-14)20-17(21)19-15/h4-9,12,18H,1-3H3,(H2,19,20,21). The van der Waals surface area contributed by atoms with Crippen LogP contribution in [-0.2, 0) is 0 Å². The zero-order valence-corrected chi connectivity index (χ0v) is 12.4. The van der Waals surface area contributed by atoms with Crippen LogP contribution in [0.3, 0.4) is 0 Å². The lowest BCUT2D eigenvalue weighted by Gasteiger charge is -2.17. The maximum absolute atomic E-state index is 11.3. The molecule has 21 heavy (non-hydrogen) atoms. The average molecular weight is 281 g/mol. The molecular weight excluding hydrogens is 262 g/mol. The molecule has 3 N–H and O–H groups in total. The Morgan fingerprint density at radius 1 is 0.952 bits per heavy atom. The highest BCUT2D eigenvalue weighted by Gasteiger charge is 2.07. The molecule has 1 aromatic heterocycles. The highest BCUT2D eigenvalue weighted by molar-refractivity contribution is 5.78. The van der Waals surface area contributed by atoms with Crippen LogP contribution in [0.25, 0.3) is 11.0 Å². The fraction of sp³-hybridized carbons (Fsp3) is 0.235. The number of imidazole rings is 1. The maximum atomic E-state index is 11.3. The Labute approximate surface area is 123 Å². The lowest BCUT2D eigenvalue weighted by atomic mass is 10.0. The Balaban J connectivity index is 1.88. The molecule has 108 valence electrons. The summed E-state index contributed by atoms with van der Waals surface area (Å²) < 4.78 is 0. The Morgan fingerprint density at radius 3 is 2.33 bits per heavy atom. The molecule has 1 heterocycles. The van der Waals surface area contributed by atoms with E-state index in [-0.39, 0.29) is 11.7 Å². The zero-order valence-electron chi connectivity index (χ0n) is 12.4. The second kappa shape index (κ2) is 5.13. The molecule has 4 nitrogen and oxygen atoms in total. The van der Waals surface area contributed by atoms with E-state index in [4.69, 9.17) is 0 Å². The van der Waals surface area contributed by atoms with Gasteiger partial charge in [0.1, 0.15) is 0 Å². The molecule has 3 aromatic rings. The summed E-state index contributed by atoms with van der Waals surface area (Å²) in [4.78, 5) is 16.8. The van der Waals surface area contributed by atoms with Crippen LogP contribution in [-0.4, -0.2) is 9.97 Å². The van der Waals surface area contributed by atoms with E-state index in [2.05, 4.69) is 54.3 Å². The normalized spacial score (nSPS) is 12.5. The number of aromatic amines is 2. The first-order valence-corrected chi connectivity index (χ1v) is 7.08. The monoisotopic (exact) mass is 281 g/mol. The summed E-state index contributed by atoms with van der Waals surface area (Å²) >= 11 is 0. The lowest BCUT2D eigenvalue weighted by molar-refractivity contribution is 0.881. The number of rotatable bonds is 3. The first-order chi connectivity index (χ1) is 10.0. The van der Waals surface area contributed by atoms with Gasteiger partial charge in [-0.1, -0.05) is 29.3 Å². The molecule has 0 aliphatic carbocycles. The van der Waals surface area contributed by atoms with Crippen molar-refractivity contribution < 1.29 is 0 Å². The zero-order chi connectivity index (χ0) is 15.0. The van der Waals surface area contributed by atoms with Gasteiger partial charge in [-0.05, 0) is 44.5 Å². The first kappa shape index (κ1) is 13.5. The smallest absolute Gasteiger partial charge is 0.323 e. The van der Waals surface area contributed by atoms with Crippen LogP contribution >= 0.6 is 0 Å². The van der Waals surface area contributed by atoms with E-state index in [0.29, 0.717) is 0 Å². The van der Waals surface area contributed by atoms with Crippen molar-refractivity contribution in [2.24, 2.45) is 0 Å². The van der Waals surface area contributed by atoms with Crippen molar-refractivity contribution in [3.8, 4) is 0 Å². The van der Waals surface area contributed by atoms with Crippen LogP contribution < -0.4 is 11.0 Å². The van der Waals surface area contributed by atoms with Gasteiger partial charge in [0.2, 0.25) is 0 Å². The van der Waals surface area contributed by atoms with Crippen LogP contribution in [0.2, 0.25) is 0 Å². The second-order valence-electron chi connectivity index (χ2n) is 5.63. The van der Waals surface area contributed by atoms with E-state index in [1.165, 1.54) is 16.7 Å². The molecule has 4 heteroatoms. The van der Waals surface area contributed by atoms with Crippen LogP contribution in [0.5, 0.6) is 0 Å². The van der Waals surface area contributed by atoms with Gasteiger partial charge in [-0.15, -0.1) is 0 Å². The SMILES string of the molecule is Cc1cc(C)cc(C(C)Nc2ccc3[nH]c(=O)[nH]c3c2)c1. The predicted octanol–water partition coefficient (Wildman–Crippen LogP) is 3.65. The number of hydrogen-bond donors (Lipinski definition) is 3. The molecule has 1 unspecified atom stereocenters. The predicted molar refractivity (Wildman–Crippen MR) is 86.9 cm³/mol. The van der Waals surface area contributed by atoms with Gasteiger partial charge in [0.25, 0.3) is 0 Å². The third kappa shape index (κ3) is 2.84. The van der Waals surface area contributed by atoms with Crippen molar-refractivity contribution in [1.29, 1.82) is 0 Å². The van der Waals surface area contributed by atoms with Crippen LogP contribution in [0, 0.1) is 13.8 Å². The summed E-state index contributed by atoms with van der Waals surface area (Å²) in [6.45, 7) is 6.36. The molecule has 0 aliphatic rings. The van der Waals surface area contributed by atoms with Crippen LogP contribution in [0.4, 0.5) is 5.69 Å². The lowest BCUT2D eigenvalue weighted by Crippen LogP contribution is -2.07. The highest BCUT2D eigenvalue weighted by atomic mass is 16.1. The number of fused-ring (bicyclic) bond motifs is 1. The van der Waals surface area contributed by atoms with Crippen molar-refractivity contribution >= 4 is 16.7 Å². The Bertz CT molecular complexity index is 824. The first-order valence-electron chi connectivity index (χ1n) is 7.08. The molecule has 1 atom stereocenters. The summed E-state index contributed by atoms with van der Waals surface area (Å²) in [6, 6.07) is 12.6. The molecule has 0 radical (unpaired) electrons. The van der Waals surface area contributed by atoms with E-state index in [1.807, 2.05) is 18.2 Å². The molecule has 0 saturated carbocycles. The summed E-state index contributed by atoms with van der Waals surface area (Å²) in [7, 11) is 0. The number of hydrogen-bond acceptors (Lipinski definition) is 2. The van der Waals surface area contributed by atoms with E-state index in [0.717, 1.165) is 16.7 Å². The van der Waals surface area contributed by atoms with Crippen molar-refractivity contribution in [1.82, 2.24) is 9.97 Å². The highest BCUT2D eigenvalue weighted by Crippen LogP contribution is 2.23. The minimum atomic E-state index is -0.176. The minimum Gasteiger partial charge on any atom is -0.378 e. The molecular formula is C17H19N3O. The van der Waals surface area contributed by atoms with Crippen LogP contribution in [0.15, 0.2) is 41.2 Å². The number of benzene rings is 2. The summed E-state index contributed by atoms with van der Waals surface area (Å²) in [5.41, 5.74) is 6.25. The van der Waals surface area contributed by atoms with Crippen molar-refractivity contribution in [2.75, 3.05) is 5.32 Å². The van der Waals surface area contributed by atoms with Gasteiger partial charge in [0, 0.05) is 11.7 Å². The summed E-state index contributed by atoms with van der Waals surface area (Å²) in [5.74, 6) is 0. The van der Waals surface area contributed by atoms with Gasteiger partial charge in [-0.3, -0.25) is 0 Å². The van der Waals surface area contributed by atoms with Crippen molar-refractivity contribution in [3.63, 3.8) is 0 Å². The number of nitrogens with one attached hydrogen (secondary N) is 3. The van der Waals surface area contributed by atoms with Gasteiger partial charge in [-0.2, -0.15) is 0 Å². The topological polar surface area (TPSA) is 60.7 Å². The Hall–Kier alpha value is -2.49. The quantitative estimate of drug-likeness (QED) is 0.686. The van der Waals surface area contributed by atoms with Gasteiger partial charge in [0.05, 0.1) is 11.0 Å². The van der Waals surface area contributed by atoms with Crippen LogP contribution in [0.1, 0.15) is 29.7 Å². The van der Waals surface area contributed by atoms with Gasteiger partial charge in [0.15, 0.2) is 0 Å². The third-order valence-corrected chi connectivity index (χ3v) is 3.64. The van der Waals surface area contributed by atoms with E-state index >= 15 is 0 Å². The minimum absolute atomic E-state index is 0.176. The number of aryl methyl sites for hydroxylation is 2. The van der Waals surface area contributed by atoms with Crippen molar-refractivity contribution in [3.05, 3.63) is 63.6 Å². The van der Waals surface area contributed by atoms with E-state index in [1.54, 1.807) is 0 Å².